The van der Waals surface area contributed by atoms with Crippen LogP contribution in [0.25, 0.3) is 11.1 Å². The van der Waals surface area contributed by atoms with Crippen molar-refractivity contribution in [2.24, 2.45) is 23.1 Å². The molecule has 8 heterocycles. The summed E-state index contributed by atoms with van der Waals surface area (Å²) in [7, 11) is 1.47. The number of nitrogens with one attached hydrogen (secondary N) is 7. The Morgan fingerprint density at radius 1 is 0.658 bits per heavy atom. The number of carbonyl (C=O) groups excluding carboxylic acids is 7. The van der Waals surface area contributed by atoms with E-state index in [9.17, 15) is 70.2 Å². The van der Waals surface area contributed by atoms with E-state index in [0.717, 1.165) is 48.5 Å². The Balaban J connectivity index is 1.19. The van der Waals surface area contributed by atoms with Crippen molar-refractivity contribution < 1.29 is 127 Å². The number of carboxylic acid groups (broad SMARTS) is 1. The largest absolute Gasteiger partial charge is 0.508 e. The molecule has 15 unspecified atom stereocenters. The van der Waals surface area contributed by atoms with Gasteiger partial charge in [-0.05, 0) is 124 Å². The lowest BCUT2D eigenvalue weighted by atomic mass is 9.86. The standard InChI is InChI=1S/C73H88Cl2N10O26/c1-26(2)14-38(79-7)64(96)84-54-56(91)30-9-12-42(36(74)16-30)106-44-18-32-19-45(60(44)111-71-61(58(93)57(92)46(25-86)108-71)110-49-24-73(6,78)63(95)28(4)105-49)107-43-13-10-31(17-37(43)75)59(109-48-23-72(5,77)62(94)27(3)104-48)55-69(101)83-53(70(102)103)35-20-33(87)21-41(89)50(35)34-15-29(8-11-40(34)88)51(66(98)85-55)82-67(99)52(32)81-65(97)39(22-47(76)90)80-68(54)100/h8-13,15-21,26-28,38-39,46,48-49,51-59,61-63,71,79,86-89,91-95H,14,22-25,77-78H2,1-7H3,(H2,76,90)(H,80,100)(H,81,97)(H,82,99)(H,83,101)(H,84,96)(H,85,98)(H,102,103)/t27?,28?,38-,39+,46?,48?,49?,51?,52-,53-,54?,55+,56-,57?,58?,59-,61?,62?,63?,71?,72?,73?/m1/s1. The number of hydrogen-bond donors (Lipinski definition) is 20. The van der Waals surface area contributed by atoms with E-state index in [0.29, 0.717) is 0 Å². The highest BCUT2D eigenvalue weighted by Crippen LogP contribution is 2.50. The van der Waals surface area contributed by atoms with Gasteiger partial charge in [-0.1, -0.05) is 55.2 Å². The van der Waals surface area contributed by atoms with Gasteiger partial charge in [-0.25, -0.2) is 4.79 Å². The topological polar surface area (TPSA) is 575 Å². The number of benzene rings is 5. The van der Waals surface area contributed by atoms with Crippen molar-refractivity contribution in [2.45, 2.75) is 201 Å². The number of carbonyl (C=O) groups is 8. The van der Waals surface area contributed by atoms with Gasteiger partial charge in [0.1, 0.15) is 89.5 Å². The summed E-state index contributed by atoms with van der Waals surface area (Å²) in [5, 5.41) is 131. The maximum absolute atomic E-state index is 16.4. The van der Waals surface area contributed by atoms with Crippen molar-refractivity contribution in [1.29, 1.82) is 0 Å². The fourth-order valence-electron chi connectivity index (χ4n) is 14.3. The minimum Gasteiger partial charge on any atom is -0.508 e. The molecule has 3 saturated heterocycles. The second-order valence-electron chi connectivity index (χ2n) is 29.3. The Hall–Kier alpha value is -9.32. The number of halogens is 2. The maximum Gasteiger partial charge on any atom is 0.330 e. The Morgan fingerprint density at radius 2 is 1.23 bits per heavy atom. The van der Waals surface area contributed by atoms with Crippen molar-refractivity contribution in [3.8, 4) is 57.1 Å². The van der Waals surface area contributed by atoms with Crippen molar-refractivity contribution in [2.75, 3.05) is 13.7 Å². The number of ether oxygens (including phenoxy) is 8. The number of primary amides is 1. The van der Waals surface area contributed by atoms with Crippen LogP contribution in [-0.4, -0.2) is 215 Å². The minimum absolute atomic E-state index is 0.110. The van der Waals surface area contributed by atoms with Gasteiger partial charge in [-0.3, -0.25) is 33.6 Å². The third-order valence-electron chi connectivity index (χ3n) is 20.1. The molecule has 11 bridgehead atoms. The molecule has 8 aliphatic rings. The van der Waals surface area contributed by atoms with Crippen LogP contribution >= 0.6 is 23.2 Å². The van der Waals surface area contributed by atoms with Gasteiger partial charge < -0.3 is 143 Å². The molecule has 111 heavy (non-hydrogen) atoms. The molecule has 7 amide bonds. The van der Waals surface area contributed by atoms with E-state index >= 15 is 19.2 Å². The summed E-state index contributed by atoms with van der Waals surface area (Å²) in [6.07, 6.45) is -22.8. The number of phenols is 3. The van der Waals surface area contributed by atoms with Crippen molar-refractivity contribution in [1.82, 2.24) is 37.2 Å². The fourth-order valence-corrected chi connectivity index (χ4v) is 14.7. The lowest BCUT2D eigenvalue weighted by molar-refractivity contribution is -0.333. The zero-order valence-electron chi connectivity index (χ0n) is 60.7. The van der Waals surface area contributed by atoms with Crippen molar-refractivity contribution in [3.63, 3.8) is 0 Å². The van der Waals surface area contributed by atoms with Crippen LogP contribution in [-0.2, 0) is 62.0 Å². The van der Waals surface area contributed by atoms with E-state index in [4.69, 9.17) is 78.3 Å². The van der Waals surface area contributed by atoms with E-state index in [2.05, 4.69) is 37.2 Å². The van der Waals surface area contributed by atoms with Gasteiger partial charge >= 0.3 is 5.97 Å². The number of aromatic hydroxyl groups is 3. The number of aliphatic hydroxyl groups is 6. The second kappa shape index (κ2) is 33.2. The molecule has 3 fully saturated rings. The molecule has 600 valence electrons. The first-order chi connectivity index (χ1) is 52.3. The highest BCUT2D eigenvalue weighted by molar-refractivity contribution is 6.32. The zero-order valence-corrected chi connectivity index (χ0v) is 62.2. The summed E-state index contributed by atoms with van der Waals surface area (Å²) in [5.74, 6) is -16.1. The molecular formula is C73H88Cl2N10O26. The molecule has 0 saturated carbocycles. The SMILES string of the molecule is CN[C@H](CC(C)C)C(=O)NC1C(=O)N[C@@H](CC(N)=O)C(=O)N[C@H]2C(=O)NC3C(=O)N[C@H](C(=O)N[C@@H](C(=O)O)c4cc(O)cc(O)c4-c4cc3ccc4O)[C@H](OC3CC(C)(N)C(O)C(C)O3)c3ccc(c(Cl)c3)Oc3cc2cc(c3OC2OC(CO)C(O)C(O)C2OC2CC(C)(N)C(O)C(C)O2)Oc2ccc(cc2Cl)[C@H]1O. The van der Waals surface area contributed by atoms with Crippen molar-refractivity contribution >= 4 is 70.5 Å². The average molecular weight is 1590 g/mol. The number of nitrogens with two attached hydrogens (primary N) is 3. The first kappa shape index (κ1) is 82.6. The van der Waals surface area contributed by atoms with E-state index < -0.39 is 261 Å². The quantitative estimate of drug-likeness (QED) is 0.0672. The molecule has 5 aromatic carbocycles. The lowest BCUT2D eigenvalue weighted by Crippen LogP contribution is -2.64. The summed E-state index contributed by atoms with van der Waals surface area (Å²) in [4.78, 5) is 120. The van der Waals surface area contributed by atoms with Gasteiger partial charge in [0.2, 0.25) is 53.4 Å². The van der Waals surface area contributed by atoms with E-state index in [1.807, 2.05) is 13.8 Å². The predicted octanol–water partition coefficient (Wildman–Crippen LogP) is 0.344. The molecule has 13 rings (SSSR count). The normalized spacial score (nSPS) is 32.1. The van der Waals surface area contributed by atoms with Gasteiger partial charge in [-0.15, -0.1) is 0 Å². The molecule has 38 heteroatoms. The van der Waals surface area contributed by atoms with Gasteiger partial charge in [0, 0.05) is 46.7 Å². The number of carboxylic acids is 1. The molecule has 0 spiro atoms. The summed E-state index contributed by atoms with van der Waals surface area (Å²) < 4.78 is 51.7. The minimum atomic E-state index is -2.38. The van der Waals surface area contributed by atoms with Crippen LogP contribution in [0.5, 0.6) is 46.0 Å². The van der Waals surface area contributed by atoms with Crippen LogP contribution in [0.1, 0.15) is 125 Å². The fraction of sp³-hybridized carbons (Fsp3) is 0.479. The van der Waals surface area contributed by atoms with E-state index in [1.54, 1.807) is 0 Å². The third-order valence-corrected chi connectivity index (χ3v) is 20.7. The molecule has 5 aromatic rings. The molecule has 36 nitrogen and oxygen atoms in total. The number of rotatable bonds is 15. The number of phenolic OH excluding ortho intramolecular Hbond substituents is 3. The first-order valence-corrected chi connectivity index (χ1v) is 36.1. The van der Waals surface area contributed by atoms with Crippen LogP contribution < -0.4 is 68.6 Å². The summed E-state index contributed by atoms with van der Waals surface area (Å²) in [6, 6.07) is -0.452. The number of amides is 7. The molecular weight excluding hydrogens is 1500 g/mol. The lowest BCUT2D eigenvalue weighted by Gasteiger charge is -2.47. The molecule has 23 N–H and O–H groups in total. The number of hydrogen-bond acceptors (Lipinski definition) is 28. The van der Waals surface area contributed by atoms with E-state index in [-0.39, 0.29) is 52.6 Å². The van der Waals surface area contributed by atoms with Crippen LogP contribution in [0.3, 0.4) is 0 Å². The Labute approximate surface area is 643 Å². The van der Waals surface area contributed by atoms with Gasteiger partial charge in [0.05, 0.1) is 53.5 Å². The molecule has 0 aromatic heterocycles. The Morgan fingerprint density at radius 3 is 1.79 bits per heavy atom. The predicted molar refractivity (Wildman–Crippen MR) is 386 cm³/mol. The zero-order chi connectivity index (χ0) is 80.9. The number of fused-ring (bicyclic) bond motifs is 15. The molecule has 8 aliphatic heterocycles. The van der Waals surface area contributed by atoms with Crippen molar-refractivity contribution in [3.05, 3.63) is 117 Å². The van der Waals surface area contributed by atoms with Gasteiger partial charge in [-0.2, -0.15) is 0 Å². The monoisotopic (exact) mass is 1590 g/mol. The summed E-state index contributed by atoms with van der Waals surface area (Å²) in [5.41, 5.74) is 13.3. The van der Waals surface area contributed by atoms with Crippen LogP contribution in [0.4, 0.5) is 0 Å². The smallest absolute Gasteiger partial charge is 0.330 e. The maximum atomic E-state index is 16.4. The highest BCUT2D eigenvalue weighted by Gasteiger charge is 2.52. The average Bonchev–Trinajstić information content (AvgIpc) is 0.763. The number of likely N-dealkylation sites (N-methyl/N-ethyl adjacent to an activating group) is 1. The van der Waals surface area contributed by atoms with Crippen LogP contribution in [0, 0.1) is 5.92 Å². The Kier molecular flexibility index (Phi) is 24.7. The van der Waals surface area contributed by atoms with Gasteiger partial charge in [0.15, 0.2) is 36.2 Å². The number of aliphatic hydroxyl groups excluding tert-OH is 6. The van der Waals surface area contributed by atoms with Crippen LogP contribution in [0.15, 0.2) is 78.9 Å². The second-order valence-corrected chi connectivity index (χ2v) is 30.1. The van der Waals surface area contributed by atoms with Crippen LogP contribution in [0.2, 0.25) is 10.0 Å². The molecule has 22 atom stereocenters. The summed E-state index contributed by atoms with van der Waals surface area (Å²) in [6.45, 7) is 8.58. The first-order valence-electron chi connectivity index (χ1n) is 35.3. The third kappa shape index (κ3) is 17.7. The van der Waals surface area contributed by atoms with E-state index in [1.165, 1.54) is 65.1 Å². The number of aliphatic carboxylic acids is 1. The molecule has 0 radical (unpaired) electrons. The van der Waals surface area contributed by atoms with Gasteiger partial charge in [0.25, 0.3) is 0 Å². The molecule has 0 aliphatic carbocycles. The Bertz CT molecular complexity index is 4420. The highest BCUT2D eigenvalue weighted by atomic mass is 35.5. The summed E-state index contributed by atoms with van der Waals surface area (Å²) >= 11 is 14.5.